The van der Waals surface area contributed by atoms with Crippen molar-refractivity contribution in [3.8, 4) is 0 Å². The molecule has 1 atom stereocenters. The van der Waals surface area contributed by atoms with E-state index in [0.717, 1.165) is 18.4 Å². The molecule has 2 aromatic rings. The van der Waals surface area contributed by atoms with Crippen LogP contribution in [-0.4, -0.2) is 13.1 Å². The minimum absolute atomic E-state index is 0.0282. The van der Waals surface area contributed by atoms with E-state index in [1.54, 1.807) is 11.3 Å². The largest absolute Gasteiger partial charge is 0.465 e. The van der Waals surface area contributed by atoms with Crippen molar-refractivity contribution in [1.29, 1.82) is 0 Å². The fourth-order valence-corrected chi connectivity index (χ4v) is 2.84. The van der Waals surface area contributed by atoms with Crippen LogP contribution >= 0.6 is 11.3 Å². The van der Waals surface area contributed by atoms with Gasteiger partial charge in [-0.3, -0.25) is 0 Å². The first-order valence-electron chi connectivity index (χ1n) is 6.44. The summed E-state index contributed by atoms with van der Waals surface area (Å²) in [5, 5.41) is 4.90. The zero-order valence-corrected chi connectivity index (χ0v) is 12.5. The van der Waals surface area contributed by atoms with E-state index in [4.69, 9.17) is 0 Å². The van der Waals surface area contributed by atoms with Crippen LogP contribution in [-0.2, 0) is 4.74 Å². The number of ether oxygens (including phenoxy) is 1. The van der Waals surface area contributed by atoms with Crippen molar-refractivity contribution in [2.45, 2.75) is 19.4 Å². The molecule has 0 aliphatic carbocycles. The molecule has 0 saturated carbocycles. The molecule has 6 heteroatoms. The number of hydrogen-bond donors (Lipinski definition) is 1. The summed E-state index contributed by atoms with van der Waals surface area (Å²) in [6, 6.07) is 6.29. The number of hydrogen-bond acceptors (Lipinski definition) is 4. The van der Waals surface area contributed by atoms with Gasteiger partial charge in [0.1, 0.15) is 0 Å². The van der Waals surface area contributed by atoms with E-state index in [-0.39, 0.29) is 11.7 Å². The molecule has 0 aliphatic heterocycles. The fraction of sp³-hybridized carbons (Fsp3) is 0.267. The maximum Gasteiger partial charge on any atom is 0.340 e. The smallest absolute Gasteiger partial charge is 0.340 e. The molecule has 0 bridgehead atoms. The Kier molecular flexibility index (Phi) is 4.90. The van der Waals surface area contributed by atoms with Gasteiger partial charge in [-0.15, -0.1) is 11.3 Å². The molecule has 0 fully saturated rings. The number of anilines is 1. The summed E-state index contributed by atoms with van der Waals surface area (Å²) in [5.74, 6) is -3.18. The average Bonchev–Trinajstić information content (AvgIpc) is 3.02. The molecule has 0 spiro atoms. The van der Waals surface area contributed by atoms with Crippen LogP contribution in [0, 0.1) is 11.6 Å². The van der Waals surface area contributed by atoms with Crippen molar-refractivity contribution in [3.05, 3.63) is 51.7 Å². The Morgan fingerprint density at radius 1 is 1.33 bits per heavy atom. The molecule has 1 aromatic carbocycles. The first-order valence-corrected chi connectivity index (χ1v) is 7.32. The Morgan fingerprint density at radius 2 is 2.10 bits per heavy atom. The highest BCUT2D eigenvalue weighted by Crippen LogP contribution is 2.29. The molecule has 0 radical (unpaired) electrons. The van der Waals surface area contributed by atoms with Crippen molar-refractivity contribution in [2.24, 2.45) is 0 Å². The molecular formula is C15H15F2NO2S. The quantitative estimate of drug-likeness (QED) is 0.833. The number of carbonyl (C=O) groups excluding carboxylic acids is 1. The van der Waals surface area contributed by atoms with Crippen molar-refractivity contribution >= 4 is 23.0 Å². The second-order valence-corrected chi connectivity index (χ2v) is 5.38. The number of carbonyl (C=O) groups is 1. The lowest BCUT2D eigenvalue weighted by Gasteiger charge is -2.18. The summed E-state index contributed by atoms with van der Waals surface area (Å²) >= 11 is 1.54. The van der Waals surface area contributed by atoms with Gasteiger partial charge in [0, 0.05) is 4.88 Å². The summed E-state index contributed by atoms with van der Waals surface area (Å²) in [6.45, 7) is 1.95. The minimum Gasteiger partial charge on any atom is -0.465 e. The van der Waals surface area contributed by atoms with E-state index in [9.17, 15) is 13.6 Å². The predicted molar refractivity (Wildman–Crippen MR) is 78.7 cm³/mol. The fourth-order valence-electron chi connectivity index (χ4n) is 1.98. The van der Waals surface area contributed by atoms with E-state index < -0.39 is 23.2 Å². The van der Waals surface area contributed by atoms with E-state index >= 15 is 0 Å². The van der Waals surface area contributed by atoms with Crippen molar-refractivity contribution < 1.29 is 18.3 Å². The van der Waals surface area contributed by atoms with Crippen LogP contribution in [0.25, 0.3) is 0 Å². The minimum atomic E-state index is -1.20. The van der Waals surface area contributed by atoms with Gasteiger partial charge in [-0.25, -0.2) is 13.6 Å². The number of nitrogens with one attached hydrogen (secondary N) is 1. The standard InChI is InChI=1S/C15H15F2NO2S/c1-3-10(12-5-4-8-21-12)18-11-7-6-9(15(19)20-2)13(16)14(11)17/h4-8,10,18H,3H2,1-2H3. The molecule has 1 unspecified atom stereocenters. The third-order valence-electron chi connectivity index (χ3n) is 3.11. The van der Waals surface area contributed by atoms with Gasteiger partial charge >= 0.3 is 5.97 Å². The molecule has 1 N–H and O–H groups in total. The van der Waals surface area contributed by atoms with Gasteiger partial charge in [0.2, 0.25) is 0 Å². The van der Waals surface area contributed by atoms with Crippen LogP contribution in [0.4, 0.5) is 14.5 Å². The topological polar surface area (TPSA) is 38.3 Å². The first-order chi connectivity index (χ1) is 10.1. The van der Waals surface area contributed by atoms with Gasteiger partial charge in [0.15, 0.2) is 11.6 Å². The molecule has 0 saturated heterocycles. The van der Waals surface area contributed by atoms with E-state index in [1.807, 2.05) is 24.4 Å². The molecule has 112 valence electrons. The van der Waals surface area contributed by atoms with Gasteiger partial charge in [-0.05, 0) is 30.0 Å². The van der Waals surface area contributed by atoms with Gasteiger partial charge in [-0.2, -0.15) is 0 Å². The van der Waals surface area contributed by atoms with Crippen LogP contribution in [0.2, 0.25) is 0 Å². The van der Waals surface area contributed by atoms with Crippen LogP contribution in [0.5, 0.6) is 0 Å². The Balaban J connectivity index is 2.29. The lowest BCUT2D eigenvalue weighted by atomic mass is 10.1. The summed E-state index contributed by atoms with van der Waals surface area (Å²) in [6.07, 6.45) is 0.723. The van der Waals surface area contributed by atoms with E-state index in [1.165, 1.54) is 12.1 Å². The van der Waals surface area contributed by atoms with Crippen molar-refractivity contribution in [3.63, 3.8) is 0 Å². The zero-order chi connectivity index (χ0) is 15.4. The Bertz CT molecular complexity index is 629. The number of esters is 1. The highest BCUT2D eigenvalue weighted by Gasteiger charge is 2.20. The Hall–Kier alpha value is -1.95. The van der Waals surface area contributed by atoms with Crippen LogP contribution in [0.15, 0.2) is 29.6 Å². The normalized spacial score (nSPS) is 12.0. The van der Waals surface area contributed by atoms with Gasteiger partial charge < -0.3 is 10.1 Å². The molecule has 1 heterocycles. The highest BCUT2D eigenvalue weighted by atomic mass is 32.1. The molecule has 3 nitrogen and oxygen atoms in total. The third-order valence-corrected chi connectivity index (χ3v) is 4.10. The maximum absolute atomic E-state index is 14.1. The molecule has 1 aromatic heterocycles. The predicted octanol–water partition coefficient (Wildman–Crippen LogP) is 4.38. The van der Waals surface area contributed by atoms with E-state index in [2.05, 4.69) is 10.1 Å². The van der Waals surface area contributed by atoms with Crippen molar-refractivity contribution in [2.75, 3.05) is 12.4 Å². The lowest BCUT2D eigenvalue weighted by molar-refractivity contribution is 0.0594. The molecule has 0 amide bonds. The number of halogens is 2. The van der Waals surface area contributed by atoms with Crippen molar-refractivity contribution in [1.82, 2.24) is 0 Å². The van der Waals surface area contributed by atoms with Crippen LogP contribution in [0.1, 0.15) is 34.6 Å². The molecule has 21 heavy (non-hydrogen) atoms. The third kappa shape index (κ3) is 3.21. The SMILES string of the molecule is CCC(Nc1ccc(C(=O)OC)c(F)c1F)c1cccs1. The molecule has 0 aliphatic rings. The highest BCUT2D eigenvalue weighted by molar-refractivity contribution is 7.10. The summed E-state index contributed by atoms with van der Waals surface area (Å²) in [5.41, 5.74) is -0.384. The second-order valence-electron chi connectivity index (χ2n) is 4.40. The number of rotatable bonds is 5. The van der Waals surface area contributed by atoms with Gasteiger partial charge in [0.05, 0.1) is 24.4 Å². The first kappa shape index (κ1) is 15.4. The monoisotopic (exact) mass is 311 g/mol. The van der Waals surface area contributed by atoms with E-state index in [0.29, 0.717) is 0 Å². The second kappa shape index (κ2) is 6.67. The van der Waals surface area contributed by atoms with Crippen LogP contribution in [0.3, 0.4) is 0 Å². The maximum atomic E-state index is 14.1. The molecule has 2 rings (SSSR count). The zero-order valence-electron chi connectivity index (χ0n) is 11.7. The summed E-state index contributed by atoms with van der Waals surface area (Å²) in [4.78, 5) is 12.4. The van der Waals surface area contributed by atoms with Gasteiger partial charge in [0.25, 0.3) is 0 Å². The number of benzene rings is 1. The average molecular weight is 311 g/mol. The Labute approximate surface area is 125 Å². The summed E-state index contributed by atoms with van der Waals surface area (Å²) < 4.78 is 32.3. The number of thiophene rings is 1. The molecular weight excluding hydrogens is 296 g/mol. The van der Waals surface area contributed by atoms with Gasteiger partial charge in [-0.1, -0.05) is 13.0 Å². The lowest BCUT2D eigenvalue weighted by Crippen LogP contribution is -2.12. The number of methoxy groups -OCH3 is 1. The van der Waals surface area contributed by atoms with Crippen LogP contribution < -0.4 is 5.32 Å². The Morgan fingerprint density at radius 3 is 2.67 bits per heavy atom. The summed E-state index contributed by atoms with van der Waals surface area (Å²) in [7, 11) is 1.12.